The van der Waals surface area contributed by atoms with Crippen molar-refractivity contribution in [3.05, 3.63) is 0 Å². The van der Waals surface area contributed by atoms with Crippen molar-refractivity contribution in [3.63, 3.8) is 0 Å². The van der Waals surface area contributed by atoms with Gasteiger partial charge in [0, 0.05) is 17.0 Å². The normalized spacial score (nSPS) is 33.2. The summed E-state index contributed by atoms with van der Waals surface area (Å²) in [6, 6.07) is 0.661. The topological polar surface area (TPSA) is 32.3 Å². The molecule has 3 heteroatoms. The molecule has 1 fully saturated rings. The molecule has 1 aliphatic carbocycles. The number of nitrogens with one attached hydrogen (secondary N) is 1. The Labute approximate surface area is 91.9 Å². The van der Waals surface area contributed by atoms with Crippen LogP contribution in [0.5, 0.6) is 0 Å². The molecule has 0 saturated heterocycles. The number of thioether (sulfide) groups is 1. The predicted octanol–water partition coefficient (Wildman–Crippen LogP) is 1.88. The lowest BCUT2D eigenvalue weighted by molar-refractivity contribution is 0.301. The van der Waals surface area contributed by atoms with Gasteiger partial charge in [-0.25, -0.2) is 0 Å². The summed E-state index contributed by atoms with van der Waals surface area (Å²) in [5.41, 5.74) is 0. The van der Waals surface area contributed by atoms with Crippen LogP contribution in [-0.2, 0) is 0 Å². The lowest BCUT2D eigenvalue weighted by atomic mass is 9.84. The Kier molecular flexibility index (Phi) is 5.90. The summed E-state index contributed by atoms with van der Waals surface area (Å²) in [5, 5.41) is 13.0. The second-order valence-corrected chi connectivity index (χ2v) is 5.46. The first kappa shape index (κ1) is 12.3. The SMILES string of the molecule is CCC1CCC(NC)C(SCCO)C1. The molecule has 0 amide bonds. The zero-order valence-electron chi connectivity index (χ0n) is 9.33. The third-order valence-electron chi connectivity index (χ3n) is 3.27. The van der Waals surface area contributed by atoms with Gasteiger partial charge in [0.1, 0.15) is 0 Å². The quantitative estimate of drug-likeness (QED) is 0.737. The summed E-state index contributed by atoms with van der Waals surface area (Å²) >= 11 is 1.94. The van der Waals surface area contributed by atoms with Crippen molar-refractivity contribution in [1.82, 2.24) is 5.32 Å². The summed E-state index contributed by atoms with van der Waals surface area (Å²) in [6.45, 7) is 2.60. The number of hydrogen-bond acceptors (Lipinski definition) is 3. The van der Waals surface area contributed by atoms with Crippen LogP contribution in [0.25, 0.3) is 0 Å². The van der Waals surface area contributed by atoms with Gasteiger partial charge in [0.05, 0.1) is 6.61 Å². The maximum atomic E-state index is 8.84. The Bertz CT molecular complexity index is 154. The highest BCUT2D eigenvalue weighted by Crippen LogP contribution is 2.33. The van der Waals surface area contributed by atoms with Gasteiger partial charge in [0.25, 0.3) is 0 Å². The first-order chi connectivity index (χ1) is 6.81. The lowest BCUT2D eigenvalue weighted by Crippen LogP contribution is -2.41. The molecule has 3 unspecified atom stereocenters. The van der Waals surface area contributed by atoms with E-state index >= 15 is 0 Å². The van der Waals surface area contributed by atoms with Gasteiger partial charge in [-0.05, 0) is 32.2 Å². The minimum Gasteiger partial charge on any atom is -0.396 e. The first-order valence-electron chi connectivity index (χ1n) is 5.71. The molecule has 0 bridgehead atoms. The van der Waals surface area contributed by atoms with Gasteiger partial charge in [-0.15, -0.1) is 0 Å². The van der Waals surface area contributed by atoms with Gasteiger partial charge >= 0.3 is 0 Å². The Morgan fingerprint density at radius 1 is 1.43 bits per heavy atom. The van der Waals surface area contributed by atoms with E-state index in [0.717, 1.165) is 11.7 Å². The van der Waals surface area contributed by atoms with Crippen LogP contribution in [0.3, 0.4) is 0 Å². The summed E-state index contributed by atoms with van der Waals surface area (Å²) < 4.78 is 0. The molecule has 0 aromatic heterocycles. The van der Waals surface area contributed by atoms with Crippen molar-refractivity contribution < 1.29 is 5.11 Å². The van der Waals surface area contributed by atoms with E-state index in [9.17, 15) is 0 Å². The van der Waals surface area contributed by atoms with E-state index in [1.54, 1.807) is 0 Å². The molecule has 2 nitrogen and oxygen atoms in total. The molecule has 1 rings (SSSR count). The number of aliphatic hydroxyl groups excluding tert-OH is 1. The molecule has 1 aliphatic rings. The Morgan fingerprint density at radius 3 is 2.79 bits per heavy atom. The van der Waals surface area contributed by atoms with E-state index < -0.39 is 0 Å². The number of aliphatic hydroxyl groups is 1. The largest absolute Gasteiger partial charge is 0.396 e. The van der Waals surface area contributed by atoms with E-state index in [0.29, 0.717) is 17.9 Å². The van der Waals surface area contributed by atoms with Crippen molar-refractivity contribution in [2.24, 2.45) is 5.92 Å². The highest BCUT2D eigenvalue weighted by molar-refractivity contribution is 7.99. The molecule has 0 aromatic carbocycles. The Balaban J connectivity index is 2.38. The molecule has 14 heavy (non-hydrogen) atoms. The zero-order chi connectivity index (χ0) is 10.4. The molecule has 2 N–H and O–H groups in total. The second-order valence-electron chi connectivity index (χ2n) is 4.12. The van der Waals surface area contributed by atoms with Gasteiger partial charge < -0.3 is 10.4 Å². The summed E-state index contributed by atoms with van der Waals surface area (Å²) in [5.74, 6) is 1.80. The third-order valence-corrected chi connectivity index (χ3v) is 4.64. The third kappa shape index (κ3) is 3.44. The average molecular weight is 217 g/mol. The molecule has 0 aromatic rings. The van der Waals surface area contributed by atoms with Crippen LogP contribution in [0, 0.1) is 5.92 Å². The van der Waals surface area contributed by atoms with Gasteiger partial charge in [0.2, 0.25) is 0 Å². The average Bonchev–Trinajstić information content (AvgIpc) is 2.25. The van der Waals surface area contributed by atoms with Crippen LogP contribution in [0.1, 0.15) is 32.6 Å². The van der Waals surface area contributed by atoms with Gasteiger partial charge in [0.15, 0.2) is 0 Å². The van der Waals surface area contributed by atoms with E-state index in [4.69, 9.17) is 5.11 Å². The van der Waals surface area contributed by atoms with Crippen LogP contribution in [-0.4, -0.2) is 35.8 Å². The minimum atomic E-state index is 0.314. The molecule has 0 spiro atoms. The summed E-state index contributed by atoms with van der Waals surface area (Å²) in [6.07, 6.45) is 5.32. The van der Waals surface area contributed by atoms with Crippen LogP contribution in [0.2, 0.25) is 0 Å². The van der Waals surface area contributed by atoms with Crippen LogP contribution in [0.15, 0.2) is 0 Å². The van der Waals surface area contributed by atoms with E-state index in [-0.39, 0.29) is 0 Å². The fourth-order valence-corrected chi connectivity index (χ4v) is 3.62. The maximum Gasteiger partial charge on any atom is 0.0521 e. The fourth-order valence-electron chi connectivity index (χ4n) is 2.30. The van der Waals surface area contributed by atoms with Gasteiger partial charge in [-0.1, -0.05) is 13.3 Å². The molecule has 0 radical (unpaired) electrons. The van der Waals surface area contributed by atoms with Crippen LogP contribution in [0.4, 0.5) is 0 Å². The van der Waals surface area contributed by atoms with Crippen LogP contribution >= 0.6 is 11.8 Å². The standard InChI is InChI=1S/C11H23NOS/c1-3-9-4-5-10(12-2)11(8-9)14-7-6-13/h9-13H,3-8H2,1-2H3. The monoisotopic (exact) mass is 217 g/mol. The van der Waals surface area contributed by atoms with E-state index in [2.05, 4.69) is 19.3 Å². The molecule has 1 saturated carbocycles. The minimum absolute atomic E-state index is 0.314. The summed E-state index contributed by atoms with van der Waals surface area (Å²) in [4.78, 5) is 0. The van der Waals surface area contributed by atoms with Crippen molar-refractivity contribution in [2.75, 3.05) is 19.4 Å². The molecule has 0 aliphatic heterocycles. The zero-order valence-corrected chi connectivity index (χ0v) is 10.1. The Hall–Kier alpha value is 0.270. The number of hydrogen-bond donors (Lipinski definition) is 2. The first-order valence-corrected chi connectivity index (χ1v) is 6.76. The van der Waals surface area contributed by atoms with Crippen LogP contribution < -0.4 is 5.32 Å². The van der Waals surface area contributed by atoms with Crippen molar-refractivity contribution in [1.29, 1.82) is 0 Å². The Morgan fingerprint density at radius 2 is 2.21 bits per heavy atom. The number of rotatable bonds is 5. The van der Waals surface area contributed by atoms with Gasteiger partial charge in [-0.2, -0.15) is 11.8 Å². The molecule has 84 valence electrons. The summed E-state index contributed by atoms with van der Waals surface area (Å²) in [7, 11) is 2.06. The molecule has 0 heterocycles. The molecular weight excluding hydrogens is 194 g/mol. The van der Waals surface area contributed by atoms with Gasteiger partial charge in [-0.3, -0.25) is 0 Å². The van der Waals surface area contributed by atoms with Crippen molar-refractivity contribution >= 4 is 11.8 Å². The lowest BCUT2D eigenvalue weighted by Gasteiger charge is -2.35. The molecular formula is C11H23NOS. The van der Waals surface area contributed by atoms with E-state index in [1.165, 1.54) is 25.7 Å². The fraction of sp³-hybridized carbons (Fsp3) is 1.00. The van der Waals surface area contributed by atoms with Crippen molar-refractivity contribution in [2.45, 2.75) is 43.9 Å². The highest BCUT2D eigenvalue weighted by atomic mass is 32.2. The van der Waals surface area contributed by atoms with Crippen molar-refractivity contribution in [3.8, 4) is 0 Å². The van der Waals surface area contributed by atoms with E-state index in [1.807, 2.05) is 11.8 Å². The smallest absolute Gasteiger partial charge is 0.0521 e. The highest BCUT2D eigenvalue weighted by Gasteiger charge is 2.28. The second kappa shape index (κ2) is 6.70. The molecule has 3 atom stereocenters. The maximum absolute atomic E-state index is 8.84. The predicted molar refractivity (Wildman–Crippen MR) is 63.8 cm³/mol.